The Morgan fingerprint density at radius 3 is 2.59 bits per heavy atom. The number of carbonyl (C=O) groups is 1. The van der Waals surface area contributed by atoms with Crippen molar-refractivity contribution in [2.75, 3.05) is 0 Å². The molecule has 0 bridgehead atoms. The molecule has 0 saturated carbocycles. The molecule has 0 spiro atoms. The summed E-state index contributed by atoms with van der Waals surface area (Å²) < 4.78 is 18.8. The van der Waals surface area contributed by atoms with Gasteiger partial charge in [-0.1, -0.05) is 13.0 Å². The van der Waals surface area contributed by atoms with E-state index in [2.05, 4.69) is 0 Å². The van der Waals surface area contributed by atoms with Crippen LogP contribution in [0.3, 0.4) is 0 Å². The van der Waals surface area contributed by atoms with E-state index >= 15 is 0 Å². The Balaban J connectivity index is 2.89. The molecule has 0 aliphatic carbocycles. The fourth-order valence-electron chi connectivity index (χ4n) is 1.39. The predicted octanol–water partition coefficient (Wildman–Crippen LogP) is 1.49. The van der Waals surface area contributed by atoms with Crippen molar-refractivity contribution in [1.29, 1.82) is 0 Å². The summed E-state index contributed by atoms with van der Waals surface area (Å²) in [5, 5.41) is 0. The standard InChI is InChI=1S/C12H17FN2O2/c1-3-10(12(15)16)17-11-5-4-8(7(2)14)6-9(11)13/h4-7,10H,3,14H2,1-2H3,(H2,15,16)/t7-,10?/m1/s1. The zero-order chi connectivity index (χ0) is 13.0. The van der Waals surface area contributed by atoms with E-state index in [1.807, 2.05) is 0 Å². The first kappa shape index (κ1) is 13.4. The third-order valence-electron chi connectivity index (χ3n) is 2.44. The minimum absolute atomic E-state index is 0.0139. The molecule has 94 valence electrons. The summed E-state index contributed by atoms with van der Waals surface area (Å²) in [4.78, 5) is 11.0. The fourth-order valence-corrected chi connectivity index (χ4v) is 1.39. The third kappa shape index (κ3) is 3.42. The molecule has 1 aromatic carbocycles. The molecular weight excluding hydrogens is 223 g/mol. The molecule has 0 aromatic heterocycles. The number of rotatable bonds is 5. The maximum atomic E-state index is 13.6. The molecule has 0 fully saturated rings. The minimum Gasteiger partial charge on any atom is -0.478 e. The van der Waals surface area contributed by atoms with Crippen molar-refractivity contribution in [2.24, 2.45) is 11.5 Å². The SMILES string of the molecule is CCC(Oc1ccc([C@@H](C)N)cc1F)C(N)=O. The van der Waals surface area contributed by atoms with Gasteiger partial charge in [-0.25, -0.2) is 4.39 Å². The number of ether oxygens (including phenoxy) is 1. The van der Waals surface area contributed by atoms with E-state index in [-0.39, 0.29) is 11.8 Å². The van der Waals surface area contributed by atoms with Crippen LogP contribution in [-0.2, 0) is 4.79 Å². The lowest BCUT2D eigenvalue weighted by molar-refractivity contribution is -0.124. The van der Waals surface area contributed by atoms with Gasteiger partial charge in [-0.05, 0) is 31.0 Å². The molecule has 4 N–H and O–H groups in total. The van der Waals surface area contributed by atoms with Crippen molar-refractivity contribution in [3.63, 3.8) is 0 Å². The molecule has 2 atom stereocenters. The van der Waals surface area contributed by atoms with Gasteiger partial charge in [-0.15, -0.1) is 0 Å². The number of carbonyl (C=O) groups excluding carboxylic acids is 1. The molecule has 1 rings (SSSR count). The van der Waals surface area contributed by atoms with Gasteiger partial charge < -0.3 is 16.2 Å². The molecule has 0 aliphatic heterocycles. The highest BCUT2D eigenvalue weighted by Crippen LogP contribution is 2.22. The van der Waals surface area contributed by atoms with E-state index in [1.54, 1.807) is 19.9 Å². The quantitative estimate of drug-likeness (QED) is 0.818. The molecule has 1 aromatic rings. The first-order valence-corrected chi connectivity index (χ1v) is 5.46. The van der Waals surface area contributed by atoms with Gasteiger partial charge in [-0.2, -0.15) is 0 Å². The number of primary amides is 1. The lowest BCUT2D eigenvalue weighted by Crippen LogP contribution is -2.33. The Labute approximate surface area is 99.7 Å². The van der Waals surface area contributed by atoms with Crippen molar-refractivity contribution in [1.82, 2.24) is 0 Å². The number of amides is 1. The summed E-state index contributed by atoms with van der Waals surface area (Å²) in [5.74, 6) is -1.14. The van der Waals surface area contributed by atoms with Crippen LogP contribution in [0.2, 0.25) is 0 Å². The van der Waals surface area contributed by atoms with Gasteiger partial charge in [0.25, 0.3) is 5.91 Å². The lowest BCUT2D eigenvalue weighted by atomic mass is 10.1. The van der Waals surface area contributed by atoms with Crippen LogP contribution in [0.1, 0.15) is 31.9 Å². The van der Waals surface area contributed by atoms with Crippen molar-refractivity contribution in [2.45, 2.75) is 32.4 Å². The van der Waals surface area contributed by atoms with Gasteiger partial charge in [0.15, 0.2) is 17.7 Å². The molecular formula is C12H17FN2O2. The fraction of sp³-hybridized carbons (Fsp3) is 0.417. The highest BCUT2D eigenvalue weighted by Gasteiger charge is 2.17. The van der Waals surface area contributed by atoms with Crippen LogP contribution in [-0.4, -0.2) is 12.0 Å². The largest absolute Gasteiger partial charge is 0.478 e. The second kappa shape index (κ2) is 5.63. The lowest BCUT2D eigenvalue weighted by Gasteiger charge is -2.15. The van der Waals surface area contributed by atoms with Gasteiger partial charge in [0.05, 0.1) is 0 Å². The molecule has 5 heteroatoms. The Morgan fingerprint density at radius 1 is 1.53 bits per heavy atom. The number of hydrogen-bond acceptors (Lipinski definition) is 3. The molecule has 1 unspecified atom stereocenters. The maximum Gasteiger partial charge on any atom is 0.258 e. The number of hydrogen-bond donors (Lipinski definition) is 2. The monoisotopic (exact) mass is 240 g/mol. The van der Waals surface area contributed by atoms with Crippen LogP contribution in [0.4, 0.5) is 4.39 Å². The summed E-state index contributed by atoms with van der Waals surface area (Å²) in [5.41, 5.74) is 11.4. The number of benzene rings is 1. The zero-order valence-corrected chi connectivity index (χ0v) is 9.94. The molecule has 0 heterocycles. The van der Waals surface area contributed by atoms with Crippen LogP contribution in [0.15, 0.2) is 18.2 Å². The maximum absolute atomic E-state index is 13.6. The highest BCUT2D eigenvalue weighted by atomic mass is 19.1. The highest BCUT2D eigenvalue weighted by molar-refractivity contribution is 5.79. The summed E-state index contributed by atoms with van der Waals surface area (Å²) in [6, 6.07) is 4.17. The first-order valence-electron chi connectivity index (χ1n) is 5.46. The van der Waals surface area contributed by atoms with Gasteiger partial charge in [-0.3, -0.25) is 4.79 Å². The average molecular weight is 240 g/mol. The Morgan fingerprint density at radius 2 is 2.18 bits per heavy atom. The van der Waals surface area contributed by atoms with Crippen LogP contribution in [0.5, 0.6) is 5.75 Å². The Kier molecular flexibility index (Phi) is 4.45. The van der Waals surface area contributed by atoms with Gasteiger partial charge in [0, 0.05) is 6.04 Å². The molecule has 0 aliphatic rings. The van der Waals surface area contributed by atoms with E-state index in [1.165, 1.54) is 12.1 Å². The van der Waals surface area contributed by atoms with Crippen molar-refractivity contribution in [3.8, 4) is 5.75 Å². The molecule has 17 heavy (non-hydrogen) atoms. The van der Waals surface area contributed by atoms with Gasteiger partial charge in [0.1, 0.15) is 0 Å². The van der Waals surface area contributed by atoms with Crippen LogP contribution < -0.4 is 16.2 Å². The molecule has 0 saturated heterocycles. The van der Waals surface area contributed by atoms with Crippen LogP contribution in [0, 0.1) is 5.82 Å². The van der Waals surface area contributed by atoms with Gasteiger partial charge >= 0.3 is 0 Å². The summed E-state index contributed by atoms with van der Waals surface area (Å²) >= 11 is 0. The van der Waals surface area contributed by atoms with Crippen LogP contribution >= 0.6 is 0 Å². The summed E-state index contributed by atoms with van der Waals surface area (Å²) in [7, 11) is 0. The molecule has 4 nitrogen and oxygen atoms in total. The van der Waals surface area contributed by atoms with E-state index in [0.717, 1.165) is 0 Å². The van der Waals surface area contributed by atoms with Crippen LogP contribution in [0.25, 0.3) is 0 Å². The normalized spacial score (nSPS) is 14.1. The zero-order valence-electron chi connectivity index (χ0n) is 9.94. The average Bonchev–Trinajstić information content (AvgIpc) is 2.26. The first-order chi connectivity index (χ1) is 7.95. The van der Waals surface area contributed by atoms with Crippen molar-refractivity contribution in [3.05, 3.63) is 29.6 Å². The topological polar surface area (TPSA) is 78.3 Å². The van der Waals surface area contributed by atoms with Crippen molar-refractivity contribution < 1.29 is 13.9 Å². The summed E-state index contributed by atoms with van der Waals surface area (Å²) in [6.07, 6.45) is -0.422. The van der Waals surface area contributed by atoms with E-state index in [0.29, 0.717) is 12.0 Å². The van der Waals surface area contributed by atoms with Gasteiger partial charge in [0.2, 0.25) is 0 Å². The minimum atomic E-state index is -0.814. The summed E-state index contributed by atoms with van der Waals surface area (Å²) in [6.45, 7) is 3.50. The second-order valence-corrected chi connectivity index (χ2v) is 3.90. The Hall–Kier alpha value is -1.62. The smallest absolute Gasteiger partial charge is 0.258 e. The Bertz CT molecular complexity index is 407. The number of halogens is 1. The van der Waals surface area contributed by atoms with E-state index in [4.69, 9.17) is 16.2 Å². The third-order valence-corrected chi connectivity index (χ3v) is 2.44. The van der Waals surface area contributed by atoms with Crippen molar-refractivity contribution >= 4 is 5.91 Å². The van der Waals surface area contributed by atoms with E-state index < -0.39 is 17.8 Å². The molecule has 0 radical (unpaired) electrons. The number of nitrogens with two attached hydrogens (primary N) is 2. The second-order valence-electron chi connectivity index (χ2n) is 3.90. The molecule has 1 amide bonds. The predicted molar refractivity (Wildman–Crippen MR) is 62.9 cm³/mol. The van der Waals surface area contributed by atoms with E-state index in [9.17, 15) is 9.18 Å².